The van der Waals surface area contributed by atoms with Crippen LogP contribution in [0.3, 0.4) is 0 Å². The molecule has 1 aliphatic heterocycles. The predicted molar refractivity (Wildman–Crippen MR) is 132 cm³/mol. The minimum Gasteiger partial charge on any atom is -0.491 e. The molecule has 2 aromatic carbocycles. The van der Waals surface area contributed by atoms with Crippen molar-refractivity contribution in [2.75, 3.05) is 68.8 Å². The topological polar surface area (TPSA) is 72.0 Å². The number of nitrogens with one attached hydrogen (secondary N) is 1. The van der Waals surface area contributed by atoms with E-state index in [9.17, 15) is 8.78 Å². The molecule has 0 atom stereocenters. The molecule has 8 nitrogen and oxygen atoms in total. The summed E-state index contributed by atoms with van der Waals surface area (Å²) in [6.07, 6.45) is 1.55. The van der Waals surface area contributed by atoms with Gasteiger partial charge in [0.05, 0.1) is 25.5 Å². The second kappa shape index (κ2) is 11.5. The third-order valence-corrected chi connectivity index (χ3v) is 5.79. The van der Waals surface area contributed by atoms with Crippen LogP contribution in [0.5, 0.6) is 5.75 Å². The third kappa shape index (κ3) is 6.08. The summed E-state index contributed by atoms with van der Waals surface area (Å²) in [5.41, 5.74) is 1.78. The van der Waals surface area contributed by atoms with E-state index in [1.807, 2.05) is 18.2 Å². The van der Waals surface area contributed by atoms with Gasteiger partial charge >= 0.3 is 0 Å². The lowest BCUT2D eigenvalue weighted by molar-refractivity contribution is 0.122. The number of ether oxygens (including phenoxy) is 3. The highest BCUT2D eigenvalue weighted by Gasteiger charge is 2.18. The van der Waals surface area contributed by atoms with Gasteiger partial charge in [-0.2, -0.15) is 4.98 Å². The lowest BCUT2D eigenvalue weighted by Gasteiger charge is -2.29. The maximum atomic E-state index is 14.5. The number of anilines is 5. The van der Waals surface area contributed by atoms with E-state index in [2.05, 4.69) is 20.2 Å². The van der Waals surface area contributed by atoms with Crippen LogP contribution in [0.15, 0.2) is 42.6 Å². The Labute approximate surface area is 207 Å². The molecule has 0 radical (unpaired) electrons. The van der Waals surface area contributed by atoms with Crippen LogP contribution >= 0.6 is 11.6 Å². The van der Waals surface area contributed by atoms with E-state index in [-0.39, 0.29) is 5.69 Å². The zero-order chi connectivity index (χ0) is 24.8. The molecule has 1 N–H and O–H groups in total. The normalized spacial score (nSPS) is 13.6. The van der Waals surface area contributed by atoms with Crippen LogP contribution in [-0.4, -0.2) is 63.6 Å². The van der Waals surface area contributed by atoms with Gasteiger partial charge in [0.15, 0.2) is 5.82 Å². The van der Waals surface area contributed by atoms with Crippen LogP contribution < -0.4 is 19.9 Å². The number of halogens is 3. The van der Waals surface area contributed by atoms with Crippen molar-refractivity contribution in [3.8, 4) is 5.75 Å². The number of hydrogen-bond donors (Lipinski definition) is 1. The van der Waals surface area contributed by atoms with E-state index in [1.54, 1.807) is 26.4 Å². The molecule has 1 aromatic heterocycles. The van der Waals surface area contributed by atoms with E-state index in [1.165, 1.54) is 11.0 Å². The molecular weight excluding hydrogens is 480 g/mol. The maximum Gasteiger partial charge on any atom is 0.229 e. The fourth-order valence-corrected chi connectivity index (χ4v) is 3.77. The van der Waals surface area contributed by atoms with Crippen molar-refractivity contribution in [2.24, 2.45) is 0 Å². The Morgan fingerprint density at radius 1 is 1.14 bits per heavy atom. The number of benzene rings is 2. The first kappa shape index (κ1) is 24.9. The number of aromatic nitrogens is 2. The average molecular weight is 506 g/mol. The Morgan fingerprint density at radius 2 is 1.94 bits per heavy atom. The molecule has 0 unspecified atom stereocenters. The smallest absolute Gasteiger partial charge is 0.229 e. The summed E-state index contributed by atoms with van der Waals surface area (Å²) in [4.78, 5) is 12.5. The molecule has 2 heterocycles. The van der Waals surface area contributed by atoms with Crippen molar-refractivity contribution in [1.29, 1.82) is 0 Å². The Morgan fingerprint density at radius 3 is 2.71 bits per heavy atom. The first-order valence-corrected chi connectivity index (χ1v) is 11.4. The molecule has 1 fully saturated rings. The predicted octanol–water partition coefficient (Wildman–Crippen LogP) is 4.78. The molecule has 0 amide bonds. The minimum absolute atomic E-state index is 0.0872. The van der Waals surface area contributed by atoms with Crippen molar-refractivity contribution >= 4 is 40.4 Å². The van der Waals surface area contributed by atoms with Gasteiger partial charge in [-0.15, -0.1) is 0 Å². The molecule has 0 spiro atoms. The summed E-state index contributed by atoms with van der Waals surface area (Å²) < 4.78 is 44.5. The van der Waals surface area contributed by atoms with Crippen molar-refractivity contribution < 1.29 is 23.0 Å². The first-order valence-electron chi connectivity index (χ1n) is 11.0. The summed E-state index contributed by atoms with van der Waals surface area (Å²) >= 11 is 5.74. The summed E-state index contributed by atoms with van der Waals surface area (Å²) in [6, 6.07) is 9.83. The Balaban J connectivity index is 1.59. The van der Waals surface area contributed by atoms with E-state index in [0.717, 1.165) is 30.5 Å². The summed E-state index contributed by atoms with van der Waals surface area (Å²) in [6.45, 7) is 3.71. The minimum atomic E-state index is -0.863. The summed E-state index contributed by atoms with van der Waals surface area (Å²) in [7, 11) is 3.23. The second-order valence-corrected chi connectivity index (χ2v) is 8.15. The lowest BCUT2D eigenvalue weighted by atomic mass is 10.2. The molecule has 1 saturated heterocycles. The largest absolute Gasteiger partial charge is 0.491 e. The SMILES string of the molecule is COCCOc1cc(Nc2nccc(N(C)c3ccc(F)c(Cl)c3F)n2)cc(N2CCOCC2)c1. The fourth-order valence-electron chi connectivity index (χ4n) is 3.61. The molecule has 35 heavy (non-hydrogen) atoms. The Hall–Kier alpha value is -3.21. The van der Waals surface area contributed by atoms with Crippen LogP contribution in [0.2, 0.25) is 5.02 Å². The lowest BCUT2D eigenvalue weighted by Crippen LogP contribution is -2.36. The maximum absolute atomic E-state index is 14.5. The van der Waals surface area contributed by atoms with Gasteiger partial charge in [0.2, 0.25) is 5.95 Å². The van der Waals surface area contributed by atoms with Gasteiger partial charge in [-0.05, 0) is 24.3 Å². The van der Waals surface area contributed by atoms with Crippen LogP contribution in [0.4, 0.5) is 37.6 Å². The third-order valence-electron chi connectivity index (χ3n) is 5.44. The number of hydrogen-bond acceptors (Lipinski definition) is 8. The van der Waals surface area contributed by atoms with Crippen molar-refractivity contribution in [3.05, 3.63) is 59.3 Å². The first-order chi connectivity index (χ1) is 17.0. The van der Waals surface area contributed by atoms with Gasteiger partial charge in [-0.3, -0.25) is 0 Å². The molecule has 0 bridgehead atoms. The van der Waals surface area contributed by atoms with Gasteiger partial charge < -0.3 is 29.3 Å². The van der Waals surface area contributed by atoms with Crippen LogP contribution in [0, 0.1) is 11.6 Å². The zero-order valence-electron chi connectivity index (χ0n) is 19.4. The Bertz CT molecular complexity index is 1160. The van der Waals surface area contributed by atoms with E-state index in [4.69, 9.17) is 25.8 Å². The summed E-state index contributed by atoms with van der Waals surface area (Å²) in [5.74, 6) is -0.326. The van der Waals surface area contributed by atoms with Crippen molar-refractivity contribution in [1.82, 2.24) is 9.97 Å². The molecule has 11 heteroatoms. The second-order valence-electron chi connectivity index (χ2n) is 7.77. The molecular formula is C24H26ClF2N5O3. The standard InChI is InChI=1S/C24H26ClF2N5O3/c1-31(20-4-3-19(26)22(25)23(20)27)21-5-6-28-24(30-21)29-16-13-17(32-7-9-34-10-8-32)15-18(14-16)35-12-11-33-2/h3-6,13-15H,7-12H2,1-2H3,(H,28,29,30). The van der Waals surface area contributed by atoms with E-state index >= 15 is 0 Å². The quantitative estimate of drug-likeness (QED) is 0.329. The van der Waals surface area contributed by atoms with E-state index < -0.39 is 16.7 Å². The van der Waals surface area contributed by atoms with Crippen molar-refractivity contribution in [3.63, 3.8) is 0 Å². The highest BCUT2D eigenvalue weighted by atomic mass is 35.5. The average Bonchev–Trinajstić information content (AvgIpc) is 2.88. The van der Waals surface area contributed by atoms with Crippen molar-refractivity contribution in [2.45, 2.75) is 0 Å². The number of methoxy groups -OCH3 is 1. The van der Waals surface area contributed by atoms with Crippen LogP contribution in [0.25, 0.3) is 0 Å². The zero-order valence-corrected chi connectivity index (χ0v) is 20.2. The number of nitrogens with zero attached hydrogens (tertiary/aromatic N) is 4. The monoisotopic (exact) mass is 505 g/mol. The van der Waals surface area contributed by atoms with Crippen LogP contribution in [-0.2, 0) is 9.47 Å². The van der Waals surface area contributed by atoms with E-state index in [0.29, 0.717) is 43.9 Å². The highest BCUT2D eigenvalue weighted by Crippen LogP contribution is 2.32. The molecule has 4 rings (SSSR count). The van der Waals surface area contributed by atoms with Gasteiger partial charge in [-0.25, -0.2) is 13.8 Å². The number of rotatable bonds is 9. The molecule has 3 aromatic rings. The summed E-state index contributed by atoms with van der Waals surface area (Å²) in [5, 5.41) is 2.63. The molecule has 0 aliphatic carbocycles. The Kier molecular flexibility index (Phi) is 8.17. The molecule has 186 valence electrons. The highest BCUT2D eigenvalue weighted by molar-refractivity contribution is 6.31. The number of morpholine rings is 1. The van der Waals surface area contributed by atoms with Gasteiger partial charge in [0.25, 0.3) is 0 Å². The fraction of sp³-hybridized carbons (Fsp3) is 0.333. The molecule has 0 saturated carbocycles. The van der Waals surface area contributed by atoms with Gasteiger partial charge in [0.1, 0.15) is 29.0 Å². The van der Waals surface area contributed by atoms with Gasteiger partial charge in [0, 0.05) is 57.0 Å². The molecule has 1 aliphatic rings. The van der Waals surface area contributed by atoms with Gasteiger partial charge in [-0.1, -0.05) is 11.6 Å². The van der Waals surface area contributed by atoms with Crippen LogP contribution in [0.1, 0.15) is 0 Å².